The molecule has 0 bridgehead atoms. The van der Waals surface area contributed by atoms with Crippen LogP contribution in [-0.4, -0.2) is 15.1 Å². The zero-order valence-electron chi connectivity index (χ0n) is 16.5. The van der Waals surface area contributed by atoms with E-state index in [1.807, 2.05) is 36.4 Å². The topological polar surface area (TPSA) is 94.1 Å². The maximum atomic E-state index is 13.0. The quantitative estimate of drug-likeness (QED) is 0.452. The van der Waals surface area contributed by atoms with E-state index in [9.17, 15) is 19.6 Å². The highest BCUT2D eigenvalue weighted by Gasteiger charge is 2.22. The van der Waals surface area contributed by atoms with Crippen LogP contribution in [0.2, 0.25) is 0 Å². The minimum absolute atomic E-state index is 0.127. The van der Waals surface area contributed by atoms with Crippen molar-refractivity contribution in [3.05, 3.63) is 104 Å². The maximum absolute atomic E-state index is 13.0. The molecule has 0 aliphatic carbocycles. The first-order chi connectivity index (χ1) is 15.0. The first-order valence-corrected chi connectivity index (χ1v) is 10.2. The van der Waals surface area contributed by atoms with Gasteiger partial charge in [0.2, 0.25) is 6.10 Å². The number of hydrogen-bond donors (Lipinski definition) is 0. The van der Waals surface area contributed by atoms with Crippen LogP contribution in [0.25, 0.3) is 10.2 Å². The van der Waals surface area contributed by atoms with Crippen LogP contribution in [0.5, 0.6) is 0 Å². The Morgan fingerprint density at radius 3 is 2.39 bits per heavy atom. The summed E-state index contributed by atoms with van der Waals surface area (Å²) in [5, 5.41) is 9.65. The van der Waals surface area contributed by atoms with Gasteiger partial charge in [-0.2, -0.15) is 5.26 Å². The van der Waals surface area contributed by atoms with Gasteiger partial charge in [-0.15, -0.1) is 11.3 Å². The molecule has 154 valence electrons. The molecule has 2 aromatic heterocycles. The summed E-state index contributed by atoms with van der Waals surface area (Å²) >= 11 is 0.989. The van der Waals surface area contributed by atoms with Gasteiger partial charge in [-0.1, -0.05) is 60.7 Å². The molecule has 0 spiro atoms. The van der Waals surface area contributed by atoms with Gasteiger partial charge in [0, 0.05) is 12.6 Å². The van der Waals surface area contributed by atoms with Gasteiger partial charge in [-0.25, -0.2) is 9.59 Å². The van der Waals surface area contributed by atoms with Crippen LogP contribution in [0.1, 0.15) is 26.9 Å². The fraction of sp³-hybridized carbons (Fsp3) is 0.130. The highest BCUT2D eigenvalue weighted by molar-refractivity contribution is 7.20. The molecule has 0 radical (unpaired) electrons. The van der Waals surface area contributed by atoms with Crippen molar-refractivity contribution in [1.82, 2.24) is 9.13 Å². The predicted molar refractivity (Wildman–Crippen MR) is 117 cm³/mol. The fourth-order valence-electron chi connectivity index (χ4n) is 3.25. The molecular formula is C23H17N3O4S. The van der Waals surface area contributed by atoms with Crippen LogP contribution in [0, 0.1) is 11.3 Å². The number of benzene rings is 2. The van der Waals surface area contributed by atoms with Crippen molar-refractivity contribution in [2.45, 2.75) is 12.6 Å². The SMILES string of the molecule is Cn1c(=O)n(Cc2ccccc2)c(=O)c2cc(C(=O)OC(C#N)c3ccccc3)sc21. The number of carbonyl (C=O) groups is 1. The maximum Gasteiger partial charge on any atom is 0.350 e. The van der Waals surface area contributed by atoms with E-state index >= 15 is 0 Å². The Labute approximate surface area is 181 Å². The number of thiophene rings is 1. The number of esters is 1. The summed E-state index contributed by atoms with van der Waals surface area (Å²) in [7, 11) is 1.55. The van der Waals surface area contributed by atoms with Crippen LogP contribution in [0.3, 0.4) is 0 Å². The number of aryl methyl sites for hydroxylation is 1. The molecule has 4 rings (SSSR count). The van der Waals surface area contributed by atoms with Crippen LogP contribution in [0.15, 0.2) is 76.3 Å². The molecule has 2 aromatic carbocycles. The van der Waals surface area contributed by atoms with Gasteiger partial charge in [0.1, 0.15) is 15.8 Å². The fourth-order valence-corrected chi connectivity index (χ4v) is 4.24. The molecule has 2 heterocycles. The third kappa shape index (κ3) is 3.91. The summed E-state index contributed by atoms with van der Waals surface area (Å²) in [5.41, 5.74) is 0.423. The Hall–Kier alpha value is -3.96. The average Bonchev–Trinajstić information content (AvgIpc) is 3.26. The Bertz CT molecular complexity index is 1410. The highest BCUT2D eigenvalue weighted by Crippen LogP contribution is 2.25. The van der Waals surface area contributed by atoms with E-state index in [1.165, 1.54) is 10.6 Å². The van der Waals surface area contributed by atoms with Crippen LogP contribution >= 0.6 is 11.3 Å². The summed E-state index contributed by atoms with van der Waals surface area (Å²) in [6.07, 6.45) is -1.07. The molecule has 0 N–H and O–H groups in total. The molecule has 1 atom stereocenters. The molecule has 4 aromatic rings. The van der Waals surface area contributed by atoms with E-state index in [1.54, 1.807) is 37.4 Å². The third-order valence-corrected chi connectivity index (χ3v) is 6.03. The van der Waals surface area contributed by atoms with Gasteiger partial charge in [0.05, 0.1) is 11.9 Å². The van der Waals surface area contributed by atoms with Crippen molar-refractivity contribution in [3.63, 3.8) is 0 Å². The number of hydrogen-bond acceptors (Lipinski definition) is 6. The Kier molecular flexibility index (Phi) is 5.52. The molecule has 0 aliphatic rings. The summed E-state index contributed by atoms with van der Waals surface area (Å²) in [6, 6.07) is 21.2. The number of nitriles is 1. The Morgan fingerprint density at radius 2 is 1.74 bits per heavy atom. The zero-order chi connectivity index (χ0) is 22.0. The number of aromatic nitrogens is 2. The van der Waals surface area contributed by atoms with Crippen molar-refractivity contribution in [3.8, 4) is 6.07 Å². The molecule has 7 nitrogen and oxygen atoms in total. The second-order valence-corrected chi connectivity index (χ2v) is 7.90. The monoisotopic (exact) mass is 431 g/mol. The van der Waals surface area contributed by atoms with Gasteiger partial charge < -0.3 is 4.74 Å². The lowest BCUT2D eigenvalue weighted by Crippen LogP contribution is -2.38. The minimum atomic E-state index is -1.07. The highest BCUT2D eigenvalue weighted by atomic mass is 32.1. The average molecular weight is 431 g/mol. The smallest absolute Gasteiger partial charge is 0.350 e. The van der Waals surface area contributed by atoms with Crippen molar-refractivity contribution < 1.29 is 9.53 Å². The lowest BCUT2D eigenvalue weighted by Gasteiger charge is -2.09. The van der Waals surface area contributed by atoms with E-state index < -0.39 is 23.3 Å². The van der Waals surface area contributed by atoms with Crippen molar-refractivity contribution in [2.24, 2.45) is 7.05 Å². The summed E-state index contributed by atoms with van der Waals surface area (Å²) in [6.45, 7) is 0.127. The molecule has 0 saturated carbocycles. The minimum Gasteiger partial charge on any atom is -0.438 e. The molecule has 1 unspecified atom stereocenters. The molecule has 0 aliphatic heterocycles. The van der Waals surface area contributed by atoms with E-state index in [2.05, 4.69) is 0 Å². The first kappa shape index (κ1) is 20.3. The van der Waals surface area contributed by atoms with Crippen molar-refractivity contribution in [1.29, 1.82) is 5.26 Å². The summed E-state index contributed by atoms with van der Waals surface area (Å²) in [5.74, 6) is -0.724. The Balaban J connectivity index is 1.71. The third-order valence-electron chi connectivity index (χ3n) is 4.84. The van der Waals surface area contributed by atoms with Crippen LogP contribution < -0.4 is 11.2 Å². The largest absolute Gasteiger partial charge is 0.438 e. The van der Waals surface area contributed by atoms with Crippen LogP contribution in [0.4, 0.5) is 0 Å². The normalized spacial score (nSPS) is 11.7. The summed E-state index contributed by atoms with van der Waals surface area (Å²) < 4.78 is 7.84. The number of ether oxygens (including phenoxy) is 1. The summed E-state index contributed by atoms with van der Waals surface area (Å²) in [4.78, 5) is 39.0. The van der Waals surface area contributed by atoms with E-state index in [0.717, 1.165) is 21.5 Å². The number of rotatable bonds is 5. The van der Waals surface area contributed by atoms with Gasteiger partial charge in [0.25, 0.3) is 5.56 Å². The second kappa shape index (κ2) is 8.42. The van der Waals surface area contributed by atoms with Crippen molar-refractivity contribution >= 4 is 27.5 Å². The number of carbonyl (C=O) groups excluding carboxylic acids is 1. The zero-order valence-corrected chi connectivity index (χ0v) is 17.3. The lowest BCUT2D eigenvalue weighted by atomic mass is 10.1. The number of nitrogens with zero attached hydrogens (tertiary/aromatic N) is 3. The van der Waals surface area contributed by atoms with Gasteiger partial charge in [-0.3, -0.25) is 13.9 Å². The lowest BCUT2D eigenvalue weighted by molar-refractivity contribution is 0.0410. The molecule has 0 fully saturated rings. The van der Waals surface area contributed by atoms with Crippen LogP contribution in [-0.2, 0) is 18.3 Å². The van der Waals surface area contributed by atoms with Gasteiger partial charge >= 0.3 is 11.7 Å². The van der Waals surface area contributed by atoms with Gasteiger partial charge in [-0.05, 0) is 11.6 Å². The predicted octanol–water partition coefficient (Wildman–Crippen LogP) is 3.23. The number of fused-ring (bicyclic) bond motifs is 1. The van der Waals surface area contributed by atoms with E-state index in [-0.39, 0.29) is 16.8 Å². The Morgan fingerprint density at radius 1 is 1.10 bits per heavy atom. The van der Waals surface area contributed by atoms with E-state index in [4.69, 9.17) is 4.74 Å². The second-order valence-electron chi connectivity index (χ2n) is 6.87. The molecule has 0 saturated heterocycles. The van der Waals surface area contributed by atoms with Crippen molar-refractivity contribution in [2.75, 3.05) is 0 Å². The first-order valence-electron chi connectivity index (χ1n) is 9.42. The standard InChI is InChI=1S/C23H17N3O4S/c1-25-21-17(20(27)26(23(25)29)14-15-8-4-2-5-9-15)12-19(31-21)22(28)30-18(13-24)16-10-6-3-7-11-16/h2-12,18H,14H2,1H3. The molecule has 8 heteroatoms. The van der Waals surface area contributed by atoms with Gasteiger partial charge in [0.15, 0.2) is 0 Å². The molecular weight excluding hydrogens is 414 g/mol. The molecule has 31 heavy (non-hydrogen) atoms. The molecule has 0 amide bonds. The van der Waals surface area contributed by atoms with E-state index in [0.29, 0.717) is 10.4 Å².